The Kier molecular flexibility index (Phi) is 8.10. The number of nitrogens with one attached hydrogen (secondary N) is 2. The van der Waals surface area contributed by atoms with Crippen LogP contribution in [0.2, 0.25) is 5.11 Å². The molecule has 1 aliphatic heterocycles. The van der Waals surface area contributed by atoms with Crippen molar-refractivity contribution in [1.29, 1.82) is 0 Å². The number of alkyl halides is 1. The number of rotatable bonds is 8. The SMILES string of the molecule is [B]C([B])([B])C([B])([B])Oc1cc(F)cnc1Oc1cncc(-c2ncc(C(=O)N[C@@H]3CNCC[C@@H]3F)cn2)c1. The number of hydrogen-bond acceptors (Lipinski definition) is 8. The largest absolute Gasteiger partial charge is 0.503 e. The Labute approximate surface area is 224 Å². The highest BCUT2D eigenvalue weighted by molar-refractivity contribution is 6.66. The van der Waals surface area contributed by atoms with Crippen LogP contribution < -0.4 is 20.1 Å². The molecule has 0 aliphatic carbocycles. The first-order chi connectivity index (χ1) is 17.9. The molecule has 4 heterocycles. The maximum Gasteiger partial charge on any atom is 0.262 e. The summed E-state index contributed by atoms with van der Waals surface area (Å²) in [6.07, 6.45) is 5.46. The number of ether oxygens (including phenoxy) is 2. The fourth-order valence-electron chi connectivity index (χ4n) is 3.35. The molecule has 2 N–H and O–H groups in total. The summed E-state index contributed by atoms with van der Waals surface area (Å²) in [4.78, 5) is 28.8. The van der Waals surface area contributed by atoms with Crippen molar-refractivity contribution in [1.82, 2.24) is 30.6 Å². The summed E-state index contributed by atoms with van der Waals surface area (Å²) in [7, 11) is 28.0. The summed E-state index contributed by atoms with van der Waals surface area (Å²) in [5.41, 5.74) is 0.572. The van der Waals surface area contributed by atoms with Gasteiger partial charge in [0.2, 0.25) is 0 Å². The topological polar surface area (TPSA) is 111 Å². The van der Waals surface area contributed by atoms with Gasteiger partial charge in [-0.15, -0.1) is 5.11 Å². The minimum absolute atomic E-state index is 0.134. The first kappa shape index (κ1) is 27.6. The lowest BCUT2D eigenvalue weighted by molar-refractivity contribution is 0.0892. The highest BCUT2D eigenvalue weighted by atomic mass is 19.1. The van der Waals surface area contributed by atoms with Crippen molar-refractivity contribution in [3.63, 3.8) is 0 Å². The molecule has 1 fully saturated rings. The molecule has 4 rings (SSSR count). The lowest BCUT2D eigenvalue weighted by atomic mass is 9.28. The normalized spacial score (nSPS) is 17.9. The molecule has 0 aromatic carbocycles. The van der Waals surface area contributed by atoms with E-state index in [1.807, 2.05) is 0 Å². The van der Waals surface area contributed by atoms with Crippen LogP contribution in [0.25, 0.3) is 11.4 Å². The summed E-state index contributed by atoms with van der Waals surface area (Å²) < 4.78 is 38.8. The van der Waals surface area contributed by atoms with Gasteiger partial charge in [-0.2, -0.15) is 0 Å². The molecule has 3 aromatic heterocycles. The smallest absolute Gasteiger partial charge is 0.262 e. The number of amides is 1. The fourth-order valence-corrected chi connectivity index (χ4v) is 3.35. The van der Waals surface area contributed by atoms with Gasteiger partial charge in [-0.1, -0.05) is 0 Å². The zero-order chi connectivity index (χ0) is 27.5. The second-order valence-corrected chi connectivity index (χ2v) is 8.68. The van der Waals surface area contributed by atoms with Crippen LogP contribution in [-0.2, 0) is 0 Å². The molecule has 38 heavy (non-hydrogen) atoms. The van der Waals surface area contributed by atoms with E-state index in [-0.39, 0.29) is 28.8 Å². The fraction of sp³-hybridized carbons (Fsp3) is 0.318. The van der Waals surface area contributed by atoms with Crippen LogP contribution in [0.4, 0.5) is 8.78 Å². The number of halogens is 2. The molecule has 9 nitrogen and oxygen atoms in total. The molecule has 1 amide bonds. The Morgan fingerprint density at radius 1 is 1.05 bits per heavy atom. The van der Waals surface area contributed by atoms with Gasteiger partial charge >= 0.3 is 0 Å². The maximum absolute atomic E-state index is 14.0. The van der Waals surface area contributed by atoms with Crippen molar-refractivity contribution in [3.8, 4) is 28.8 Å². The Hall–Kier alpha value is -3.41. The molecule has 182 valence electrons. The average molecular weight is 505 g/mol. The highest BCUT2D eigenvalue weighted by Gasteiger charge is 2.33. The first-order valence-electron chi connectivity index (χ1n) is 11.3. The van der Waals surface area contributed by atoms with Gasteiger partial charge in [-0.3, -0.25) is 9.78 Å². The lowest BCUT2D eigenvalue weighted by Gasteiger charge is -2.42. The van der Waals surface area contributed by atoms with E-state index in [4.69, 9.17) is 48.7 Å². The van der Waals surface area contributed by atoms with E-state index < -0.39 is 34.5 Å². The lowest BCUT2D eigenvalue weighted by Crippen LogP contribution is -2.52. The van der Waals surface area contributed by atoms with Crippen LogP contribution in [0.1, 0.15) is 16.8 Å². The van der Waals surface area contributed by atoms with Crippen molar-refractivity contribution in [2.75, 3.05) is 13.1 Å². The van der Waals surface area contributed by atoms with Crippen LogP contribution in [0.15, 0.2) is 43.1 Å². The number of carbonyl (C=O) groups excluding carboxylic acids is 1. The zero-order valence-corrected chi connectivity index (χ0v) is 20.0. The third-order valence-corrected chi connectivity index (χ3v) is 5.55. The molecule has 0 unspecified atom stereocenters. The molecular formula is C22H17B5F2N6O3. The zero-order valence-electron chi connectivity index (χ0n) is 20.0. The molecule has 10 radical (unpaired) electrons. The van der Waals surface area contributed by atoms with Gasteiger partial charge in [0.05, 0.1) is 47.5 Å². The Bertz CT molecular complexity index is 1300. The van der Waals surface area contributed by atoms with Gasteiger partial charge in [-0.25, -0.2) is 23.7 Å². The van der Waals surface area contributed by atoms with Gasteiger partial charge in [-0.05, 0) is 19.0 Å². The molecule has 1 aliphatic rings. The van der Waals surface area contributed by atoms with E-state index in [0.717, 1.165) is 12.3 Å². The Morgan fingerprint density at radius 3 is 2.47 bits per heavy atom. The summed E-state index contributed by atoms with van der Waals surface area (Å²) in [5, 5.41) is 1.16. The number of aromatic nitrogens is 4. The quantitative estimate of drug-likeness (QED) is 0.419. The second kappa shape index (κ2) is 11.1. The number of piperidine rings is 1. The van der Waals surface area contributed by atoms with Gasteiger partial charge < -0.3 is 20.1 Å². The van der Waals surface area contributed by atoms with Crippen LogP contribution in [0.3, 0.4) is 0 Å². The van der Waals surface area contributed by atoms with E-state index in [1.165, 1.54) is 30.9 Å². The molecule has 1 saturated heterocycles. The Morgan fingerprint density at radius 2 is 1.79 bits per heavy atom. The monoisotopic (exact) mass is 506 g/mol. The minimum Gasteiger partial charge on any atom is -0.503 e. The summed E-state index contributed by atoms with van der Waals surface area (Å²) >= 11 is 0. The molecule has 16 heteroatoms. The standard InChI is InChI=1S/C22H17B5F2N6O3/c23-21(24,25)22(26,27)38-17-4-13(28)8-34-20(17)37-14-3-11(5-31-9-14)18-32-6-12(7-33-18)19(36)35-16-10-30-2-1-15(16)29/h3-9,15-16,30H,1-2,10H2,(H,35,36)/t15-,16+/m0/s1. The van der Waals surface area contributed by atoms with Crippen molar-refractivity contribution in [2.45, 2.75) is 29.1 Å². The molecular weight excluding hydrogens is 488 g/mol. The van der Waals surface area contributed by atoms with Crippen molar-refractivity contribution in [2.24, 2.45) is 0 Å². The van der Waals surface area contributed by atoms with Gasteiger partial charge in [0.1, 0.15) is 33.4 Å². The van der Waals surface area contributed by atoms with Gasteiger partial charge in [0.15, 0.2) is 11.6 Å². The van der Waals surface area contributed by atoms with Gasteiger partial charge in [0.25, 0.3) is 11.8 Å². The average Bonchev–Trinajstić information content (AvgIpc) is 2.86. The van der Waals surface area contributed by atoms with Crippen molar-refractivity contribution >= 4 is 45.1 Å². The number of hydrogen-bond donors (Lipinski definition) is 2. The van der Waals surface area contributed by atoms with Gasteiger partial charge in [0, 0.05) is 42.2 Å². The number of nitrogens with zero attached hydrogens (tertiary/aromatic N) is 4. The molecule has 0 bridgehead atoms. The summed E-state index contributed by atoms with van der Waals surface area (Å²) in [6.45, 7) is 0.896. The molecule has 3 aromatic rings. The van der Waals surface area contributed by atoms with E-state index in [2.05, 4.69) is 30.6 Å². The second-order valence-electron chi connectivity index (χ2n) is 8.68. The third-order valence-electron chi connectivity index (χ3n) is 5.55. The van der Waals surface area contributed by atoms with E-state index in [0.29, 0.717) is 25.1 Å². The molecule has 2 atom stereocenters. The van der Waals surface area contributed by atoms with E-state index >= 15 is 0 Å². The van der Waals surface area contributed by atoms with Crippen LogP contribution in [0.5, 0.6) is 17.4 Å². The van der Waals surface area contributed by atoms with Crippen LogP contribution >= 0.6 is 0 Å². The number of carbonyl (C=O) groups is 1. The van der Waals surface area contributed by atoms with Crippen molar-refractivity contribution in [3.05, 3.63) is 54.5 Å². The predicted molar refractivity (Wildman–Crippen MR) is 138 cm³/mol. The highest BCUT2D eigenvalue weighted by Crippen LogP contribution is 2.36. The predicted octanol–water partition coefficient (Wildman–Crippen LogP) is 0.244. The molecule has 0 saturated carbocycles. The maximum atomic E-state index is 14.0. The van der Waals surface area contributed by atoms with E-state index in [1.54, 1.807) is 0 Å². The van der Waals surface area contributed by atoms with Crippen molar-refractivity contribution < 1.29 is 23.0 Å². The summed E-state index contributed by atoms with van der Waals surface area (Å²) in [5.74, 6) is -1.51. The Balaban J connectivity index is 1.50. The van der Waals surface area contributed by atoms with Crippen LogP contribution in [-0.4, -0.2) is 95.8 Å². The van der Waals surface area contributed by atoms with E-state index in [9.17, 15) is 13.6 Å². The summed E-state index contributed by atoms with van der Waals surface area (Å²) in [6, 6.07) is 1.78. The molecule has 0 spiro atoms. The number of pyridine rings is 2. The third kappa shape index (κ3) is 6.53. The minimum atomic E-state index is -2.32. The van der Waals surface area contributed by atoms with Crippen LogP contribution in [0, 0.1) is 5.82 Å². The first-order valence-corrected chi connectivity index (χ1v) is 11.3.